The van der Waals surface area contributed by atoms with E-state index < -0.39 is 11.4 Å². The van der Waals surface area contributed by atoms with E-state index >= 15 is 0 Å². The average Bonchev–Trinajstić information content (AvgIpc) is 2.50. The number of hydrogen-bond acceptors (Lipinski definition) is 4. The third kappa shape index (κ3) is 3.78. The van der Waals surface area contributed by atoms with Gasteiger partial charge in [-0.25, -0.2) is 4.98 Å². The maximum Gasteiger partial charge on any atom is 0.311 e. The molecule has 0 spiro atoms. The van der Waals surface area contributed by atoms with Crippen LogP contribution in [0.5, 0.6) is 0 Å². The van der Waals surface area contributed by atoms with Gasteiger partial charge in [-0.3, -0.25) is 14.4 Å². The Kier molecular flexibility index (Phi) is 5.18. The van der Waals surface area contributed by atoms with E-state index in [4.69, 9.17) is 0 Å². The average molecular weight is 321 g/mol. The van der Waals surface area contributed by atoms with Gasteiger partial charge < -0.3 is 15.0 Å². The van der Waals surface area contributed by atoms with Crippen LogP contribution in [-0.4, -0.2) is 44.9 Å². The molecule has 1 aliphatic rings. The highest BCUT2D eigenvalue weighted by Crippen LogP contribution is 2.35. The second-order valence-corrected chi connectivity index (χ2v) is 6.25. The minimum atomic E-state index is -0.861. The first-order chi connectivity index (χ1) is 10.9. The summed E-state index contributed by atoms with van der Waals surface area (Å²) in [6.45, 7) is 4.37. The molecule has 126 valence electrons. The molecule has 0 aliphatic carbocycles. The number of piperidine rings is 1. The van der Waals surface area contributed by atoms with Gasteiger partial charge in [-0.05, 0) is 26.2 Å². The molecule has 1 saturated heterocycles. The number of carboxylic acids is 1. The number of nitrogens with zero attached hydrogens (tertiary/aromatic N) is 2. The summed E-state index contributed by atoms with van der Waals surface area (Å²) >= 11 is 0. The summed E-state index contributed by atoms with van der Waals surface area (Å²) < 4.78 is 0. The Balaban J connectivity index is 2.12. The zero-order valence-corrected chi connectivity index (χ0v) is 13.6. The zero-order chi connectivity index (χ0) is 17.0. The van der Waals surface area contributed by atoms with Gasteiger partial charge in [0.2, 0.25) is 5.91 Å². The van der Waals surface area contributed by atoms with Gasteiger partial charge in [-0.15, -0.1) is 0 Å². The Hall–Kier alpha value is -2.18. The molecular formula is C16H23N3O4. The normalized spacial score (nSPS) is 21.2. The fourth-order valence-electron chi connectivity index (χ4n) is 3.22. The van der Waals surface area contributed by atoms with Gasteiger partial charge in [0.05, 0.1) is 11.8 Å². The fourth-order valence-corrected chi connectivity index (χ4v) is 3.22. The molecule has 2 rings (SSSR count). The lowest BCUT2D eigenvalue weighted by Gasteiger charge is -2.40. The Bertz CT molecular complexity index is 651. The molecular weight excluding hydrogens is 298 g/mol. The molecule has 1 fully saturated rings. The van der Waals surface area contributed by atoms with E-state index in [1.165, 1.54) is 6.20 Å². The summed E-state index contributed by atoms with van der Waals surface area (Å²) in [5.74, 6) is -0.564. The van der Waals surface area contributed by atoms with Crippen LogP contribution in [-0.2, 0) is 16.0 Å². The van der Waals surface area contributed by atoms with Crippen molar-refractivity contribution < 1.29 is 14.7 Å². The number of carbonyl (C=O) groups is 2. The van der Waals surface area contributed by atoms with Crippen LogP contribution in [0, 0.1) is 12.3 Å². The molecule has 0 unspecified atom stereocenters. The summed E-state index contributed by atoms with van der Waals surface area (Å²) in [4.78, 5) is 44.1. The van der Waals surface area contributed by atoms with Crippen LogP contribution in [0.3, 0.4) is 0 Å². The molecule has 2 N–H and O–H groups in total. The quantitative estimate of drug-likeness (QED) is 0.845. The van der Waals surface area contributed by atoms with E-state index in [9.17, 15) is 19.5 Å². The third-order valence-electron chi connectivity index (χ3n) is 4.45. The predicted molar refractivity (Wildman–Crippen MR) is 84.1 cm³/mol. The summed E-state index contributed by atoms with van der Waals surface area (Å²) in [6, 6.07) is 0. The summed E-state index contributed by atoms with van der Waals surface area (Å²) in [5, 5.41) is 9.58. The van der Waals surface area contributed by atoms with Crippen molar-refractivity contribution in [2.75, 3.05) is 13.1 Å². The van der Waals surface area contributed by atoms with E-state index in [2.05, 4.69) is 9.97 Å². The Labute approximate surface area is 134 Å². The number of aryl methyl sites for hydroxylation is 1. The molecule has 1 aromatic heterocycles. The highest BCUT2D eigenvalue weighted by atomic mass is 16.4. The molecule has 1 aliphatic heterocycles. The van der Waals surface area contributed by atoms with Crippen molar-refractivity contribution >= 4 is 11.9 Å². The fraction of sp³-hybridized carbons (Fsp3) is 0.625. The highest BCUT2D eigenvalue weighted by Gasteiger charge is 2.42. The third-order valence-corrected chi connectivity index (χ3v) is 4.45. The molecule has 0 saturated carbocycles. The van der Waals surface area contributed by atoms with Gasteiger partial charge in [-0.2, -0.15) is 0 Å². The monoisotopic (exact) mass is 321 g/mol. The summed E-state index contributed by atoms with van der Waals surface area (Å²) in [5.41, 5.74) is -0.871. The van der Waals surface area contributed by atoms with Crippen LogP contribution >= 0.6 is 0 Å². The summed E-state index contributed by atoms with van der Waals surface area (Å²) in [6.07, 6.45) is 3.93. The molecule has 0 radical (unpaired) electrons. The van der Waals surface area contributed by atoms with Crippen LogP contribution in [0.1, 0.15) is 44.0 Å². The van der Waals surface area contributed by atoms with Crippen molar-refractivity contribution in [3.63, 3.8) is 0 Å². The molecule has 1 aromatic rings. The van der Waals surface area contributed by atoms with Gasteiger partial charge in [0.25, 0.3) is 5.56 Å². The Morgan fingerprint density at radius 1 is 1.48 bits per heavy atom. The topological polar surface area (TPSA) is 103 Å². The van der Waals surface area contributed by atoms with Gasteiger partial charge in [0.1, 0.15) is 5.82 Å². The number of carbonyl (C=O) groups excluding carboxylic acids is 1. The maximum absolute atomic E-state index is 12.5. The van der Waals surface area contributed by atoms with Crippen LogP contribution < -0.4 is 5.56 Å². The van der Waals surface area contributed by atoms with E-state index in [0.717, 1.165) is 6.42 Å². The number of nitrogens with one attached hydrogen (secondary N) is 1. The molecule has 7 nitrogen and oxygen atoms in total. The van der Waals surface area contributed by atoms with Gasteiger partial charge >= 0.3 is 5.97 Å². The molecule has 1 atom stereocenters. The number of H-pyrrole nitrogens is 1. The predicted octanol–water partition coefficient (Wildman–Crippen LogP) is 1.11. The van der Waals surface area contributed by atoms with Crippen molar-refractivity contribution in [2.45, 2.75) is 46.0 Å². The molecule has 7 heteroatoms. The standard InChI is InChI=1S/C16H23N3O4/c1-3-5-16(15(22)23)6-4-7-19(10-16)13(20)8-12-9-17-11(2)18-14(12)21/h9H,3-8,10H2,1-2H3,(H,22,23)(H,17,18,21)/t16-/m1/s1. The Morgan fingerprint density at radius 3 is 2.83 bits per heavy atom. The number of hydrogen-bond donors (Lipinski definition) is 2. The second kappa shape index (κ2) is 6.93. The smallest absolute Gasteiger partial charge is 0.311 e. The minimum Gasteiger partial charge on any atom is -0.481 e. The highest BCUT2D eigenvalue weighted by molar-refractivity contribution is 5.81. The molecule has 2 heterocycles. The van der Waals surface area contributed by atoms with Crippen LogP contribution in [0.2, 0.25) is 0 Å². The molecule has 23 heavy (non-hydrogen) atoms. The van der Waals surface area contributed by atoms with E-state index in [1.807, 2.05) is 6.92 Å². The number of likely N-dealkylation sites (tertiary alicyclic amines) is 1. The summed E-state index contributed by atoms with van der Waals surface area (Å²) in [7, 11) is 0. The van der Waals surface area contributed by atoms with E-state index in [1.54, 1.807) is 11.8 Å². The largest absolute Gasteiger partial charge is 0.481 e. The minimum absolute atomic E-state index is 0.0512. The number of rotatable bonds is 5. The molecule has 1 amide bonds. The van der Waals surface area contributed by atoms with Crippen molar-refractivity contribution in [1.29, 1.82) is 0 Å². The van der Waals surface area contributed by atoms with Crippen molar-refractivity contribution in [1.82, 2.24) is 14.9 Å². The van der Waals surface area contributed by atoms with Crippen molar-refractivity contribution in [3.05, 3.63) is 27.9 Å². The Morgan fingerprint density at radius 2 is 2.22 bits per heavy atom. The zero-order valence-electron chi connectivity index (χ0n) is 13.6. The SMILES string of the molecule is CCC[C@@]1(C(=O)O)CCCN(C(=O)Cc2cnc(C)[nH]c2=O)C1. The molecule has 0 bridgehead atoms. The van der Waals surface area contributed by atoms with Crippen LogP contribution in [0.15, 0.2) is 11.0 Å². The first-order valence-electron chi connectivity index (χ1n) is 7.94. The second-order valence-electron chi connectivity index (χ2n) is 6.25. The van der Waals surface area contributed by atoms with Crippen LogP contribution in [0.25, 0.3) is 0 Å². The lowest BCUT2D eigenvalue weighted by Crippen LogP contribution is -2.50. The first kappa shape index (κ1) is 17.2. The van der Waals surface area contributed by atoms with Gasteiger partial charge in [0.15, 0.2) is 0 Å². The number of aliphatic carboxylic acids is 1. The van der Waals surface area contributed by atoms with Crippen molar-refractivity contribution in [3.8, 4) is 0 Å². The van der Waals surface area contributed by atoms with Crippen molar-refractivity contribution in [2.24, 2.45) is 5.41 Å². The number of aromatic amines is 1. The lowest BCUT2D eigenvalue weighted by atomic mass is 9.76. The maximum atomic E-state index is 12.5. The van der Waals surface area contributed by atoms with Crippen LogP contribution in [0.4, 0.5) is 0 Å². The number of amides is 1. The molecule has 0 aromatic carbocycles. The van der Waals surface area contributed by atoms with Gasteiger partial charge in [-0.1, -0.05) is 13.3 Å². The first-order valence-corrected chi connectivity index (χ1v) is 7.94. The van der Waals surface area contributed by atoms with E-state index in [-0.39, 0.29) is 24.4 Å². The number of carboxylic acid groups (broad SMARTS) is 1. The number of aromatic nitrogens is 2. The van der Waals surface area contributed by atoms with E-state index in [0.29, 0.717) is 37.2 Å². The van der Waals surface area contributed by atoms with Gasteiger partial charge in [0, 0.05) is 24.8 Å². The lowest BCUT2D eigenvalue weighted by molar-refractivity contribution is -0.155.